The molecule has 0 aromatic heterocycles. The number of rotatable bonds is 4. The van der Waals surface area contributed by atoms with Crippen LogP contribution in [-0.2, 0) is 0 Å². The minimum absolute atomic E-state index is 0.0610. The number of para-hydroxylation sites is 1. The van der Waals surface area contributed by atoms with E-state index in [1.54, 1.807) is 0 Å². The molecule has 49 heavy (non-hydrogen) atoms. The fourth-order valence-electron chi connectivity index (χ4n) is 8.18. The maximum atomic E-state index is 6.57. The summed E-state index contributed by atoms with van der Waals surface area (Å²) in [6, 6.07) is 57.7. The lowest BCUT2D eigenvalue weighted by Crippen LogP contribution is -2.15. The van der Waals surface area contributed by atoms with E-state index in [2.05, 4.69) is 182 Å². The molecule has 2 aliphatic rings. The van der Waals surface area contributed by atoms with Gasteiger partial charge in [0, 0.05) is 17.0 Å². The number of ether oxygens (including phenoxy) is 1. The van der Waals surface area contributed by atoms with Crippen molar-refractivity contribution in [3.8, 4) is 50.3 Å². The monoisotopic (exact) mass is 624 g/mol. The van der Waals surface area contributed by atoms with Crippen LogP contribution in [0.25, 0.3) is 76.8 Å². The predicted octanol–water partition coefficient (Wildman–Crippen LogP) is 12.8. The van der Waals surface area contributed by atoms with Gasteiger partial charge in [-0.2, -0.15) is 0 Å². The molecule has 8 aromatic carbocycles. The fraction of sp³-hybridized carbons (Fsp3) is 0.0417. The zero-order chi connectivity index (χ0) is 32.3. The van der Waals surface area contributed by atoms with E-state index in [0.29, 0.717) is 0 Å². The van der Waals surface area contributed by atoms with Crippen molar-refractivity contribution in [1.82, 2.24) is 0 Å². The van der Waals surface area contributed by atoms with E-state index in [1.165, 1.54) is 76.8 Å². The molecule has 0 spiro atoms. The second kappa shape index (κ2) is 11.2. The zero-order valence-electron chi connectivity index (χ0n) is 26.9. The maximum absolute atomic E-state index is 6.57. The Morgan fingerprint density at radius 1 is 0.388 bits per heavy atom. The van der Waals surface area contributed by atoms with Gasteiger partial charge in [-0.25, -0.2) is 0 Å². The second-order valence-corrected chi connectivity index (χ2v) is 13.1. The third-order valence-corrected chi connectivity index (χ3v) is 10.4. The highest BCUT2D eigenvalue weighted by atomic mass is 16.5. The van der Waals surface area contributed by atoms with E-state index >= 15 is 0 Å². The Balaban J connectivity index is 1.13. The lowest BCUT2D eigenvalue weighted by Gasteiger charge is -2.19. The van der Waals surface area contributed by atoms with Crippen molar-refractivity contribution in [3.63, 3.8) is 0 Å². The van der Waals surface area contributed by atoms with Gasteiger partial charge >= 0.3 is 0 Å². The average molecular weight is 625 g/mol. The Hall–Kier alpha value is -6.18. The molecule has 1 aliphatic carbocycles. The van der Waals surface area contributed by atoms with Crippen molar-refractivity contribution >= 4 is 32.3 Å². The first-order valence-electron chi connectivity index (χ1n) is 17.1. The van der Waals surface area contributed by atoms with Gasteiger partial charge in [0.25, 0.3) is 0 Å². The third-order valence-electron chi connectivity index (χ3n) is 10.4. The van der Waals surface area contributed by atoms with Crippen LogP contribution in [0.5, 0.6) is 5.75 Å². The second-order valence-electron chi connectivity index (χ2n) is 13.1. The lowest BCUT2D eigenvalue weighted by atomic mass is 9.85. The van der Waals surface area contributed by atoms with Crippen LogP contribution in [0.3, 0.4) is 0 Å². The molecule has 230 valence electrons. The predicted molar refractivity (Wildman–Crippen MR) is 206 cm³/mol. The van der Waals surface area contributed by atoms with Crippen LogP contribution < -0.4 is 4.74 Å². The van der Waals surface area contributed by atoms with Crippen molar-refractivity contribution in [2.24, 2.45) is 0 Å². The lowest BCUT2D eigenvalue weighted by molar-refractivity contribution is 0.270. The maximum Gasteiger partial charge on any atom is 0.132 e. The number of benzene rings is 8. The summed E-state index contributed by atoms with van der Waals surface area (Å²) in [4.78, 5) is 0. The Bertz CT molecular complexity index is 2580. The van der Waals surface area contributed by atoms with Gasteiger partial charge in [-0.1, -0.05) is 170 Å². The largest absolute Gasteiger partial charge is 0.484 e. The number of fused-ring (bicyclic) bond motifs is 6. The molecule has 1 heteroatoms. The molecule has 0 amide bonds. The van der Waals surface area contributed by atoms with Gasteiger partial charge in [-0.05, 0) is 83.4 Å². The topological polar surface area (TPSA) is 9.23 Å². The van der Waals surface area contributed by atoms with Crippen LogP contribution in [0.1, 0.15) is 11.5 Å². The van der Waals surface area contributed by atoms with E-state index in [1.807, 2.05) is 0 Å². The van der Waals surface area contributed by atoms with Gasteiger partial charge in [0.15, 0.2) is 0 Å². The number of allylic oxidation sites excluding steroid dienone is 2. The molecule has 0 saturated carbocycles. The SMILES string of the molecule is C1=CC2Oc3c(-c4cccc(-c5c6ccccc6c(-c6ccc(-c7cccc8ccccc78)cc6)c6ccccc56)c4)cccc3C2C=C1. The Morgan fingerprint density at radius 2 is 0.939 bits per heavy atom. The van der Waals surface area contributed by atoms with Gasteiger partial charge in [0.1, 0.15) is 11.9 Å². The van der Waals surface area contributed by atoms with E-state index in [-0.39, 0.29) is 12.0 Å². The van der Waals surface area contributed by atoms with E-state index in [4.69, 9.17) is 4.74 Å². The molecule has 1 heterocycles. The summed E-state index contributed by atoms with van der Waals surface area (Å²) in [6.07, 6.45) is 8.71. The molecule has 0 bridgehead atoms. The first-order valence-corrected chi connectivity index (χ1v) is 17.1. The smallest absolute Gasteiger partial charge is 0.132 e. The molecule has 0 fully saturated rings. The third kappa shape index (κ3) is 4.47. The number of hydrogen-bond donors (Lipinski definition) is 0. The summed E-state index contributed by atoms with van der Waals surface area (Å²) in [5.41, 5.74) is 11.0. The Morgan fingerprint density at radius 3 is 1.69 bits per heavy atom. The number of hydrogen-bond acceptors (Lipinski definition) is 1. The molecule has 0 saturated heterocycles. The van der Waals surface area contributed by atoms with Gasteiger partial charge in [-0.15, -0.1) is 0 Å². The van der Waals surface area contributed by atoms with Crippen LogP contribution >= 0.6 is 0 Å². The highest BCUT2D eigenvalue weighted by Crippen LogP contribution is 2.48. The summed E-state index contributed by atoms with van der Waals surface area (Å²) in [7, 11) is 0. The molecule has 2 unspecified atom stereocenters. The standard InChI is InChI=1S/C48H32O/c1-2-16-36-31(12-1)13-10-22-37(36)32-26-28-33(29-27-32)46-40-18-3-5-20-42(40)47(43-21-6-4-19-41(43)46)35-15-9-14-34(30-35)38-23-11-24-44-39-17-7-8-25-45(39)49-48(38)44/h1-30,39,45H. The summed E-state index contributed by atoms with van der Waals surface area (Å²) in [5, 5.41) is 7.55. The van der Waals surface area contributed by atoms with E-state index < -0.39 is 0 Å². The minimum Gasteiger partial charge on any atom is -0.484 e. The van der Waals surface area contributed by atoms with Crippen molar-refractivity contribution < 1.29 is 4.74 Å². The van der Waals surface area contributed by atoms with Crippen molar-refractivity contribution in [1.29, 1.82) is 0 Å². The molecular formula is C48H32O. The van der Waals surface area contributed by atoms with E-state index in [0.717, 1.165) is 11.3 Å². The van der Waals surface area contributed by atoms with Gasteiger partial charge < -0.3 is 4.74 Å². The molecule has 8 aromatic rings. The van der Waals surface area contributed by atoms with Crippen LogP contribution in [0.4, 0.5) is 0 Å². The molecule has 10 rings (SSSR count). The fourth-order valence-corrected chi connectivity index (χ4v) is 8.18. The minimum atomic E-state index is 0.0610. The average Bonchev–Trinajstić information content (AvgIpc) is 3.56. The zero-order valence-corrected chi connectivity index (χ0v) is 26.9. The van der Waals surface area contributed by atoms with Gasteiger partial charge in [0.05, 0.1) is 0 Å². The quantitative estimate of drug-likeness (QED) is 0.177. The Labute approximate surface area is 286 Å². The highest BCUT2D eigenvalue weighted by Gasteiger charge is 2.33. The molecule has 2 atom stereocenters. The molecule has 1 aliphatic heterocycles. The molecule has 1 nitrogen and oxygen atoms in total. The first kappa shape index (κ1) is 27.9. The van der Waals surface area contributed by atoms with Crippen LogP contribution in [-0.4, -0.2) is 6.10 Å². The van der Waals surface area contributed by atoms with E-state index in [9.17, 15) is 0 Å². The van der Waals surface area contributed by atoms with Gasteiger partial charge in [-0.3, -0.25) is 0 Å². The van der Waals surface area contributed by atoms with Crippen LogP contribution in [0.2, 0.25) is 0 Å². The summed E-state index contributed by atoms with van der Waals surface area (Å²) < 4.78 is 6.57. The summed E-state index contributed by atoms with van der Waals surface area (Å²) >= 11 is 0. The summed E-state index contributed by atoms with van der Waals surface area (Å²) in [6.45, 7) is 0. The molecule has 0 N–H and O–H groups in total. The van der Waals surface area contributed by atoms with Crippen LogP contribution in [0, 0.1) is 0 Å². The molecule has 0 radical (unpaired) electrons. The van der Waals surface area contributed by atoms with Crippen molar-refractivity contribution in [2.45, 2.75) is 12.0 Å². The summed E-state index contributed by atoms with van der Waals surface area (Å²) in [5.74, 6) is 1.27. The van der Waals surface area contributed by atoms with Crippen molar-refractivity contribution in [3.05, 3.63) is 188 Å². The van der Waals surface area contributed by atoms with Crippen LogP contribution in [0.15, 0.2) is 182 Å². The first-order chi connectivity index (χ1) is 24.3. The Kier molecular flexibility index (Phi) is 6.38. The normalized spacial score (nSPS) is 16.2. The highest BCUT2D eigenvalue weighted by molar-refractivity contribution is 6.21. The molecular weight excluding hydrogens is 593 g/mol. The van der Waals surface area contributed by atoms with Gasteiger partial charge in [0.2, 0.25) is 0 Å². The van der Waals surface area contributed by atoms with Crippen molar-refractivity contribution in [2.75, 3.05) is 0 Å².